The van der Waals surface area contributed by atoms with Crippen molar-refractivity contribution in [2.75, 3.05) is 20.0 Å². The highest BCUT2D eigenvalue weighted by atomic mass is 32.1. The molecule has 0 aromatic carbocycles. The zero-order valence-corrected chi connectivity index (χ0v) is 8.73. The normalized spacial score (nSPS) is 15.3. The summed E-state index contributed by atoms with van der Waals surface area (Å²) in [7, 11) is -0.203. The van der Waals surface area contributed by atoms with E-state index in [0.29, 0.717) is 5.75 Å². The van der Waals surface area contributed by atoms with Crippen molar-refractivity contribution >= 4 is 34.1 Å². The van der Waals surface area contributed by atoms with Crippen LogP contribution in [0.4, 0.5) is 0 Å². The van der Waals surface area contributed by atoms with Gasteiger partial charge in [-0.2, -0.15) is 25.3 Å². The summed E-state index contributed by atoms with van der Waals surface area (Å²) in [5.74, 6) is 0.438. The maximum absolute atomic E-state index is 9.47. The molecule has 1 N–H and O–H groups in total. The first kappa shape index (κ1) is 10.8. The summed E-state index contributed by atoms with van der Waals surface area (Å²) in [6.45, 7) is 0. The summed E-state index contributed by atoms with van der Waals surface area (Å²) in [4.78, 5) is 9.15. The van der Waals surface area contributed by atoms with Crippen molar-refractivity contribution in [3.8, 4) is 0 Å². The van der Waals surface area contributed by atoms with Gasteiger partial charge in [0.05, 0.1) is 4.87 Å². The Morgan fingerprint density at radius 1 is 1.50 bits per heavy atom. The number of hydrogen-bond acceptors (Lipinski definition) is 5. The molecule has 0 aliphatic rings. The SMILES string of the molecule is CO[Si](O)(OC)C(S)CS. The highest BCUT2D eigenvalue weighted by molar-refractivity contribution is 7.86. The second-order valence-corrected chi connectivity index (χ2v) is 5.99. The fourth-order valence-corrected chi connectivity index (χ4v) is 2.74. The van der Waals surface area contributed by atoms with E-state index >= 15 is 0 Å². The second kappa shape index (κ2) is 4.63. The van der Waals surface area contributed by atoms with Crippen molar-refractivity contribution in [2.24, 2.45) is 0 Å². The van der Waals surface area contributed by atoms with Crippen LogP contribution in [0.5, 0.6) is 0 Å². The first-order valence-electron chi connectivity index (χ1n) is 2.72. The molecule has 0 saturated carbocycles. The fraction of sp³-hybridized carbons (Fsp3) is 1.00. The van der Waals surface area contributed by atoms with Crippen molar-refractivity contribution in [1.29, 1.82) is 0 Å². The molecule has 1 atom stereocenters. The minimum atomic E-state index is -3.01. The van der Waals surface area contributed by atoms with E-state index < -0.39 is 8.80 Å². The third kappa shape index (κ3) is 2.44. The number of rotatable bonds is 4. The molecule has 0 rings (SSSR count). The van der Waals surface area contributed by atoms with Gasteiger partial charge in [-0.25, -0.2) is 0 Å². The monoisotopic (exact) mass is 200 g/mol. The molecule has 0 radical (unpaired) electrons. The topological polar surface area (TPSA) is 38.7 Å². The molecule has 3 nitrogen and oxygen atoms in total. The Morgan fingerprint density at radius 3 is 2.00 bits per heavy atom. The van der Waals surface area contributed by atoms with E-state index in [4.69, 9.17) is 8.85 Å². The summed E-state index contributed by atoms with van der Waals surface area (Å²) in [6.07, 6.45) is 0. The summed E-state index contributed by atoms with van der Waals surface area (Å²) in [6, 6.07) is 0. The molecule has 62 valence electrons. The predicted molar refractivity (Wildman–Crippen MR) is 48.6 cm³/mol. The van der Waals surface area contributed by atoms with E-state index in [0.717, 1.165) is 0 Å². The third-order valence-corrected chi connectivity index (χ3v) is 5.55. The van der Waals surface area contributed by atoms with Crippen LogP contribution in [-0.4, -0.2) is 38.4 Å². The molecular formula is C4H12O3S2Si. The molecule has 0 aliphatic carbocycles. The second-order valence-electron chi connectivity index (χ2n) is 1.74. The highest BCUT2D eigenvalue weighted by Gasteiger charge is 2.41. The maximum atomic E-state index is 9.47. The molecule has 1 unspecified atom stereocenters. The minimum absolute atomic E-state index is 0.314. The Balaban J connectivity index is 4.02. The molecule has 0 heterocycles. The van der Waals surface area contributed by atoms with Crippen LogP contribution in [-0.2, 0) is 8.85 Å². The first-order chi connectivity index (χ1) is 4.60. The van der Waals surface area contributed by atoms with Crippen molar-refractivity contribution in [3.63, 3.8) is 0 Å². The van der Waals surface area contributed by atoms with Gasteiger partial charge in [0.15, 0.2) is 0 Å². The van der Waals surface area contributed by atoms with Gasteiger partial charge in [-0.15, -0.1) is 0 Å². The zero-order chi connectivity index (χ0) is 8.20. The van der Waals surface area contributed by atoms with Crippen LogP contribution < -0.4 is 0 Å². The molecule has 0 bridgehead atoms. The van der Waals surface area contributed by atoms with E-state index in [1.54, 1.807) is 0 Å². The van der Waals surface area contributed by atoms with E-state index in [1.807, 2.05) is 0 Å². The van der Waals surface area contributed by atoms with Crippen LogP contribution >= 0.6 is 25.3 Å². The van der Waals surface area contributed by atoms with Crippen molar-refractivity contribution in [2.45, 2.75) is 4.87 Å². The lowest BCUT2D eigenvalue weighted by Crippen LogP contribution is -2.50. The molecule has 0 saturated heterocycles. The van der Waals surface area contributed by atoms with E-state index in [1.165, 1.54) is 14.2 Å². The van der Waals surface area contributed by atoms with E-state index in [2.05, 4.69) is 25.3 Å². The van der Waals surface area contributed by atoms with Crippen molar-refractivity contribution < 1.29 is 13.6 Å². The van der Waals surface area contributed by atoms with Crippen LogP contribution in [0.15, 0.2) is 0 Å². The van der Waals surface area contributed by atoms with Gasteiger partial charge in [-0.05, 0) is 0 Å². The number of thiol groups is 2. The maximum Gasteiger partial charge on any atom is 0.511 e. The molecule has 0 aliphatic heterocycles. The summed E-state index contributed by atoms with van der Waals surface area (Å²) in [5, 5.41) is 0. The van der Waals surface area contributed by atoms with Crippen molar-refractivity contribution in [3.05, 3.63) is 0 Å². The van der Waals surface area contributed by atoms with Gasteiger partial charge in [-0.1, -0.05) is 0 Å². The lowest BCUT2D eigenvalue weighted by Gasteiger charge is -2.23. The Morgan fingerprint density at radius 2 is 1.90 bits per heavy atom. The van der Waals surface area contributed by atoms with Crippen LogP contribution in [0.25, 0.3) is 0 Å². The van der Waals surface area contributed by atoms with Gasteiger partial charge in [0.2, 0.25) is 0 Å². The van der Waals surface area contributed by atoms with Gasteiger partial charge in [-0.3, -0.25) is 0 Å². The molecule has 10 heavy (non-hydrogen) atoms. The standard InChI is InChI=1S/C4H12O3S2Si/c1-6-10(5,7-2)4(9)3-8/h4-5,8-9H,3H2,1-2H3. The Kier molecular flexibility index (Phi) is 5.00. The average Bonchev–Trinajstić information content (AvgIpc) is 2.01. The summed E-state index contributed by atoms with van der Waals surface area (Å²) < 4.78 is 9.57. The smallest absolute Gasteiger partial charge is 0.389 e. The molecular weight excluding hydrogens is 188 g/mol. The molecule has 0 amide bonds. The molecule has 6 heteroatoms. The van der Waals surface area contributed by atoms with Gasteiger partial charge in [0, 0.05) is 20.0 Å². The Labute approximate surface area is 72.9 Å². The van der Waals surface area contributed by atoms with Crippen LogP contribution in [0.1, 0.15) is 0 Å². The predicted octanol–water partition coefficient (Wildman–Crippen LogP) is -0.0222. The largest absolute Gasteiger partial charge is 0.511 e. The summed E-state index contributed by atoms with van der Waals surface area (Å²) >= 11 is 8.01. The first-order valence-corrected chi connectivity index (χ1v) is 5.71. The van der Waals surface area contributed by atoms with Gasteiger partial charge in [0.25, 0.3) is 0 Å². The average molecular weight is 200 g/mol. The van der Waals surface area contributed by atoms with Crippen LogP contribution in [0.3, 0.4) is 0 Å². The summed E-state index contributed by atoms with van der Waals surface area (Å²) in [5.41, 5.74) is 0. The zero-order valence-electron chi connectivity index (χ0n) is 5.94. The molecule has 0 fully saturated rings. The van der Waals surface area contributed by atoms with Gasteiger partial charge >= 0.3 is 8.80 Å². The van der Waals surface area contributed by atoms with E-state index in [-0.39, 0.29) is 4.87 Å². The molecule has 0 spiro atoms. The van der Waals surface area contributed by atoms with Crippen LogP contribution in [0.2, 0.25) is 0 Å². The number of hydrogen-bond donors (Lipinski definition) is 3. The molecule has 0 aromatic rings. The van der Waals surface area contributed by atoms with Gasteiger partial charge < -0.3 is 13.6 Å². The molecule has 0 aromatic heterocycles. The lowest BCUT2D eigenvalue weighted by atomic mass is 10.9. The third-order valence-electron chi connectivity index (χ3n) is 1.18. The Bertz CT molecular complexity index is 98.5. The minimum Gasteiger partial charge on any atom is -0.389 e. The Hall–Kier alpha value is 0.797. The quantitative estimate of drug-likeness (QED) is 0.441. The van der Waals surface area contributed by atoms with Crippen molar-refractivity contribution in [1.82, 2.24) is 0 Å². The van der Waals surface area contributed by atoms with E-state index in [9.17, 15) is 4.80 Å². The van der Waals surface area contributed by atoms with Gasteiger partial charge in [0.1, 0.15) is 0 Å². The lowest BCUT2D eigenvalue weighted by molar-refractivity contribution is 0.151. The van der Waals surface area contributed by atoms with Crippen LogP contribution in [0, 0.1) is 0 Å². The fourth-order valence-electron chi connectivity index (χ4n) is 0.471. The highest BCUT2D eigenvalue weighted by Crippen LogP contribution is 2.13.